The van der Waals surface area contributed by atoms with E-state index in [2.05, 4.69) is 69.2 Å². The van der Waals surface area contributed by atoms with Crippen LogP contribution in [0.4, 0.5) is 5.69 Å². The number of nitrogens with one attached hydrogen (secondary N) is 1. The minimum absolute atomic E-state index is 0.126. The van der Waals surface area contributed by atoms with Crippen LogP contribution in [-0.4, -0.2) is 58.8 Å². The zero-order valence-corrected chi connectivity index (χ0v) is 20.1. The van der Waals surface area contributed by atoms with Gasteiger partial charge < -0.3 is 4.90 Å². The molecule has 1 aromatic carbocycles. The van der Waals surface area contributed by atoms with Crippen molar-refractivity contribution in [3.8, 4) is 0 Å². The second kappa shape index (κ2) is 9.08. The van der Waals surface area contributed by atoms with Crippen molar-refractivity contribution < 1.29 is 9.59 Å². The van der Waals surface area contributed by atoms with E-state index in [1.54, 1.807) is 0 Å². The number of benzene rings is 1. The maximum atomic E-state index is 12.4. The van der Waals surface area contributed by atoms with E-state index >= 15 is 0 Å². The minimum atomic E-state index is -0.297. The van der Waals surface area contributed by atoms with Gasteiger partial charge in [0.05, 0.1) is 11.4 Å². The molecule has 0 radical (unpaired) electrons. The van der Waals surface area contributed by atoms with E-state index < -0.39 is 0 Å². The third-order valence-corrected chi connectivity index (χ3v) is 7.55. The Labute approximate surface area is 200 Å². The first-order chi connectivity index (χ1) is 15.9. The molecule has 2 atom stereocenters. The number of piperazine rings is 1. The highest BCUT2D eigenvalue weighted by Crippen LogP contribution is 2.39. The SMILES string of the molecule is Cc1cc(N2CCN(Cc3ccc4c(c3)C(S)N(C3CCC(=O)NC3=O)C4)CC2)cc(C)n1. The number of piperidine rings is 1. The molecule has 2 aromatic rings. The summed E-state index contributed by atoms with van der Waals surface area (Å²) in [6.07, 6.45) is 0.947. The Hall–Kier alpha value is -2.42. The van der Waals surface area contributed by atoms with E-state index in [9.17, 15) is 9.59 Å². The summed E-state index contributed by atoms with van der Waals surface area (Å²) >= 11 is 4.86. The van der Waals surface area contributed by atoms with Crippen molar-refractivity contribution in [2.45, 2.75) is 51.2 Å². The number of aryl methyl sites for hydroxylation is 2. The first kappa shape index (κ1) is 22.4. The monoisotopic (exact) mass is 465 g/mol. The van der Waals surface area contributed by atoms with Gasteiger partial charge in [0.15, 0.2) is 0 Å². The van der Waals surface area contributed by atoms with Crippen LogP contribution in [0.2, 0.25) is 0 Å². The van der Waals surface area contributed by atoms with Crippen LogP contribution in [0.25, 0.3) is 0 Å². The van der Waals surface area contributed by atoms with Gasteiger partial charge >= 0.3 is 0 Å². The molecule has 174 valence electrons. The first-order valence-corrected chi connectivity index (χ1v) is 12.2. The number of thiol groups is 1. The molecule has 0 saturated carbocycles. The Morgan fingerprint density at radius 3 is 2.48 bits per heavy atom. The predicted molar refractivity (Wildman–Crippen MR) is 131 cm³/mol. The zero-order valence-electron chi connectivity index (χ0n) is 19.3. The molecule has 3 aliphatic rings. The summed E-state index contributed by atoms with van der Waals surface area (Å²) < 4.78 is 0. The lowest BCUT2D eigenvalue weighted by atomic mass is 10.0. The highest BCUT2D eigenvalue weighted by molar-refractivity contribution is 7.80. The van der Waals surface area contributed by atoms with Crippen LogP contribution >= 0.6 is 12.6 Å². The largest absolute Gasteiger partial charge is 0.369 e. The lowest BCUT2D eigenvalue weighted by Crippen LogP contribution is -2.51. The van der Waals surface area contributed by atoms with Gasteiger partial charge in [0.1, 0.15) is 0 Å². The number of pyridine rings is 1. The molecule has 2 unspecified atom stereocenters. The third kappa shape index (κ3) is 4.65. The number of carbonyl (C=O) groups excluding carboxylic acids is 2. The van der Waals surface area contributed by atoms with Gasteiger partial charge in [-0.05, 0) is 49.1 Å². The van der Waals surface area contributed by atoms with Crippen molar-refractivity contribution in [3.63, 3.8) is 0 Å². The van der Waals surface area contributed by atoms with Gasteiger partial charge in [-0.3, -0.25) is 29.7 Å². The fourth-order valence-electron chi connectivity index (χ4n) is 5.29. The number of carbonyl (C=O) groups is 2. The van der Waals surface area contributed by atoms with Crippen molar-refractivity contribution in [2.24, 2.45) is 0 Å². The van der Waals surface area contributed by atoms with E-state index in [0.29, 0.717) is 19.4 Å². The Balaban J connectivity index is 1.21. The van der Waals surface area contributed by atoms with Gasteiger partial charge in [-0.25, -0.2) is 0 Å². The topological polar surface area (TPSA) is 68.8 Å². The molecule has 7 nitrogen and oxygen atoms in total. The van der Waals surface area contributed by atoms with E-state index in [-0.39, 0.29) is 23.2 Å². The molecule has 4 heterocycles. The van der Waals surface area contributed by atoms with Crippen molar-refractivity contribution in [2.75, 3.05) is 31.1 Å². The Kier molecular flexibility index (Phi) is 6.16. The Bertz CT molecular complexity index is 1060. The molecule has 1 aromatic heterocycles. The van der Waals surface area contributed by atoms with Crippen LogP contribution < -0.4 is 10.2 Å². The fraction of sp³-hybridized carbons (Fsp3) is 0.480. The summed E-state index contributed by atoms with van der Waals surface area (Å²) in [4.78, 5) is 35.4. The molecule has 2 fully saturated rings. The molecule has 5 rings (SSSR count). The normalized spacial score (nSPS) is 24.2. The second-order valence-electron chi connectivity index (χ2n) is 9.42. The number of hydrogen-bond acceptors (Lipinski definition) is 7. The Morgan fingerprint density at radius 2 is 1.79 bits per heavy atom. The van der Waals surface area contributed by atoms with Gasteiger partial charge in [-0.2, -0.15) is 12.6 Å². The third-order valence-electron chi connectivity index (χ3n) is 6.98. The number of fused-ring (bicyclic) bond motifs is 1. The molecular formula is C25H31N5O2S. The minimum Gasteiger partial charge on any atom is -0.369 e. The molecular weight excluding hydrogens is 434 g/mol. The molecule has 2 saturated heterocycles. The van der Waals surface area contributed by atoms with Crippen molar-refractivity contribution in [1.29, 1.82) is 0 Å². The molecule has 2 amide bonds. The van der Waals surface area contributed by atoms with Gasteiger partial charge in [-0.1, -0.05) is 18.2 Å². The maximum absolute atomic E-state index is 12.4. The number of imide groups is 1. The fourth-order valence-corrected chi connectivity index (χ4v) is 5.77. The number of hydrogen-bond donors (Lipinski definition) is 2. The average Bonchev–Trinajstić information content (AvgIpc) is 3.09. The number of amides is 2. The number of anilines is 1. The predicted octanol–water partition coefficient (Wildman–Crippen LogP) is 2.57. The van der Waals surface area contributed by atoms with Crippen LogP contribution in [-0.2, 0) is 22.7 Å². The van der Waals surface area contributed by atoms with Crippen LogP contribution in [0, 0.1) is 13.8 Å². The van der Waals surface area contributed by atoms with Crippen molar-refractivity contribution >= 4 is 30.1 Å². The Morgan fingerprint density at radius 1 is 1.06 bits per heavy atom. The summed E-state index contributed by atoms with van der Waals surface area (Å²) in [6, 6.07) is 10.7. The molecule has 0 aliphatic carbocycles. The van der Waals surface area contributed by atoms with Crippen molar-refractivity contribution in [3.05, 3.63) is 58.4 Å². The van der Waals surface area contributed by atoms with Gasteiger partial charge in [0, 0.05) is 62.8 Å². The summed E-state index contributed by atoms with van der Waals surface area (Å²) in [7, 11) is 0. The summed E-state index contributed by atoms with van der Waals surface area (Å²) in [5, 5.41) is 2.35. The molecule has 1 N–H and O–H groups in total. The quantitative estimate of drug-likeness (QED) is 0.534. The molecule has 0 bridgehead atoms. The zero-order chi connectivity index (χ0) is 23.1. The molecule has 0 spiro atoms. The van der Waals surface area contributed by atoms with Crippen LogP contribution in [0.15, 0.2) is 30.3 Å². The molecule has 8 heteroatoms. The highest BCUT2D eigenvalue weighted by atomic mass is 32.1. The van der Waals surface area contributed by atoms with Gasteiger partial charge in [-0.15, -0.1) is 0 Å². The van der Waals surface area contributed by atoms with Crippen LogP contribution in [0.1, 0.15) is 46.3 Å². The van der Waals surface area contributed by atoms with Crippen LogP contribution in [0.5, 0.6) is 0 Å². The number of aromatic nitrogens is 1. The van der Waals surface area contributed by atoms with Crippen molar-refractivity contribution in [1.82, 2.24) is 20.1 Å². The number of nitrogens with zero attached hydrogens (tertiary/aromatic N) is 4. The van der Waals surface area contributed by atoms with Gasteiger partial charge in [0.25, 0.3) is 0 Å². The van der Waals surface area contributed by atoms with E-state index in [4.69, 9.17) is 12.6 Å². The standard InChI is InChI=1S/C25H31N5O2S/c1-16-11-20(12-17(2)26-16)29-9-7-28(8-10-29)14-18-3-4-19-15-30(25(33)21(19)13-18)22-5-6-23(31)27-24(22)32/h3-4,11-13,22,25,33H,5-10,14-15H2,1-2H3,(H,27,31,32). The summed E-state index contributed by atoms with van der Waals surface area (Å²) in [6.45, 7) is 9.76. The first-order valence-electron chi connectivity index (χ1n) is 11.7. The number of rotatable bonds is 4. The van der Waals surface area contributed by atoms with Gasteiger partial charge in [0.2, 0.25) is 11.8 Å². The van der Waals surface area contributed by atoms with E-state index in [1.165, 1.54) is 22.4 Å². The lowest BCUT2D eigenvalue weighted by Gasteiger charge is -2.36. The summed E-state index contributed by atoms with van der Waals surface area (Å²) in [5.74, 6) is -0.379. The molecule has 3 aliphatic heterocycles. The smallest absolute Gasteiger partial charge is 0.243 e. The van der Waals surface area contributed by atoms with Crippen LogP contribution in [0.3, 0.4) is 0 Å². The maximum Gasteiger partial charge on any atom is 0.243 e. The average molecular weight is 466 g/mol. The second-order valence-corrected chi connectivity index (χ2v) is 9.91. The summed E-state index contributed by atoms with van der Waals surface area (Å²) in [5.41, 5.74) is 7.08. The van der Waals surface area contributed by atoms with E-state index in [0.717, 1.165) is 44.1 Å². The lowest BCUT2D eigenvalue weighted by molar-refractivity contribution is -0.137. The van der Waals surface area contributed by atoms with E-state index in [1.807, 2.05) is 0 Å². The highest BCUT2D eigenvalue weighted by Gasteiger charge is 2.39. The molecule has 33 heavy (non-hydrogen) atoms.